The zero-order valence-electron chi connectivity index (χ0n) is 13.6. The molecular weight excluding hydrogens is 280 g/mol. The average Bonchev–Trinajstić information content (AvgIpc) is 2.46. The minimum Gasteiger partial charge on any atom is -0.418 e. The van der Waals surface area contributed by atoms with Gasteiger partial charge in [0.2, 0.25) is 0 Å². The van der Waals surface area contributed by atoms with Gasteiger partial charge in [-0.3, -0.25) is 0 Å². The molecule has 4 nitrogen and oxygen atoms in total. The summed E-state index contributed by atoms with van der Waals surface area (Å²) in [6.45, 7) is 16.1. The van der Waals surface area contributed by atoms with Crippen LogP contribution in [-0.2, 0) is 19.1 Å². The monoisotopic (exact) mass is 304 g/mol. The van der Waals surface area contributed by atoms with Gasteiger partial charge in [0.25, 0.3) is 6.29 Å². The molecule has 120 valence electrons. The summed E-state index contributed by atoms with van der Waals surface area (Å²) in [5.41, 5.74) is 2.44. The number of rotatable bonds is 6. The minimum absolute atomic E-state index is 0.257. The summed E-state index contributed by atoms with van der Waals surface area (Å²) in [7, 11) is 0. The molecule has 1 unspecified atom stereocenters. The zero-order chi connectivity index (χ0) is 16.9. The quantitative estimate of drug-likeness (QED) is 0.324. The number of esters is 2. The first-order valence-corrected chi connectivity index (χ1v) is 7.29. The summed E-state index contributed by atoms with van der Waals surface area (Å²) >= 11 is 0. The van der Waals surface area contributed by atoms with E-state index < -0.39 is 18.2 Å². The van der Waals surface area contributed by atoms with Gasteiger partial charge in [-0.25, -0.2) is 9.59 Å². The number of ether oxygens (including phenoxy) is 2. The summed E-state index contributed by atoms with van der Waals surface area (Å²) in [6, 6.07) is 0. The molecule has 0 N–H and O–H groups in total. The lowest BCUT2D eigenvalue weighted by atomic mass is 9.85. The second-order valence-electron chi connectivity index (χ2n) is 5.80. The molecule has 0 bridgehead atoms. The molecule has 0 radical (unpaired) electrons. The fourth-order valence-electron chi connectivity index (χ4n) is 2.09. The normalized spacial score (nSPS) is 17.5. The summed E-state index contributed by atoms with van der Waals surface area (Å²) in [5.74, 6) is -0.747. The molecule has 0 spiro atoms. The van der Waals surface area contributed by atoms with Crippen molar-refractivity contribution in [3.8, 4) is 0 Å². The maximum absolute atomic E-state index is 11.7. The third-order valence-corrected chi connectivity index (χ3v) is 3.57. The van der Waals surface area contributed by atoms with Crippen LogP contribution in [0.15, 0.2) is 48.1 Å². The molecule has 1 atom stereocenters. The number of hydrogen-bond donors (Lipinski definition) is 0. The van der Waals surface area contributed by atoms with Gasteiger partial charge in [0, 0.05) is 16.7 Å². The Balaban J connectivity index is 2.88. The Labute approximate surface area is 132 Å². The van der Waals surface area contributed by atoms with Crippen molar-refractivity contribution in [1.29, 1.82) is 0 Å². The van der Waals surface area contributed by atoms with Gasteiger partial charge in [-0.15, -0.1) is 0 Å². The van der Waals surface area contributed by atoms with Crippen LogP contribution in [0.25, 0.3) is 0 Å². The molecule has 1 aliphatic carbocycles. The van der Waals surface area contributed by atoms with Crippen molar-refractivity contribution in [1.82, 2.24) is 0 Å². The number of carbonyl (C=O) groups excluding carboxylic acids is 2. The highest BCUT2D eigenvalue weighted by atomic mass is 16.7. The molecule has 0 aromatic heterocycles. The van der Waals surface area contributed by atoms with Crippen molar-refractivity contribution in [2.75, 3.05) is 0 Å². The molecule has 0 aliphatic heterocycles. The van der Waals surface area contributed by atoms with Gasteiger partial charge in [0.1, 0.15) is 0 Å². The zero-order valence-corrected chi connectivity index (χ0v) is 13.6. The Kier molecular flexibility index (Phi) is 6.35. The number of carbonyl (C=O) groups is 2. The second-order valence-corrected chi connectivity index (χ2v) is 5.80. The molecule has 0 heterocycles. The van der Waals surface area contributed by atoms with E-state index in [0.29, 0.717) is 12.3 Å². The van der Waals surface area contributed by atoms with Gasteiger partial charge in [-0.2, -0.15) is 0 Å². The first-order chi connectivity index (χ1) is 10.2. The first kappa shape index (κ1) is 18.0. The van der Waals surface area contributed by atoms with Crippen LogP contribution in [0.1, 0.15) is 40.0 Å². The summed E-state index contributed by atoms with van der Waals surface area (Å²) in [4.78, 5) is 23.5. The van der Waals surface area contributed by atoms with Gasteiger partial charge < -0.3 is 9.47 Å². The fraction of sp³-hybridized carbons (Fsp3) is 0.444. The van der Waals surface area contributed by atoms with E-state index in [-0.39, 0.29) is 11.1 Å². The lowest BCUT2D eigenvalue weighted by molar-refractivity contribution is -0.176. The van der Waals surface area contributed by atoms with Crippen LogP contribution in [-0.4, -0.2) is 18.2 Å². The molecule has 0 aromatic rings. The first-order valence-electron chi connectivity index (χ1n) is 7.29. The molecule has 1 aliphatic rings. The molecule has 0 amide bonds. The van der Waals surface area contributed by atoms with Crippen LogP contribution < -0.4 is 0 Å². The predicted molar refractivity (Wildman–Crippen MR) is 85.8 cm³/mol. The maximum Gasteiger partial charge on any atom is 0.336 e. The maximum atomic E-state index is 11.7. The molecule has 4 heteroatoms. The van der Waals surface area contributed by atoms with Crippen molar-refractivity contribution in [3.05, 3.63) is 48.1 Å². The van der Waals surface area contributed by atoms with E-state index in [2.05, 4.69) is 19.7 Å². The molecule has 0 fully saturated rings. The molecule has 0 aromatic carbocycles. The van der Waals surface area contributed by atoms with Gasteiger partial charge in [-0.05, 0) is 46.0 Å². The molecular formula is C18H24O4. The molecule has 0 saturated carbocycles. The highest BCUT2D eigenvalue weighted by molar-refractivity contribution is 5.88. The second kappa shape index (κ2) is 7.78. The molecule has 0 saturated heterocycles. The molecule has 22 heavy (non-hydrogen) atoms. The standard InChI is InChI=1S/C18H24O4/c1-11(2)14-7-9-15(10-8-14)18(21-16(19)12(3)4)22-17(20)13(5)6/h9,14,18H,1,3,5,7-8,10H2,2,4,6H3. The highest BCUT2D eigenvalue weighted by Crippen LogP contribution is 2.31. The van der Waals surface area contributed by atoms with E-state index in [1.165, 1.54) is 0 Å². The Morgan fingerprint density at radius 2 is 1.59 bits per heavy atom. The van der Waals surface area contributed by atoms with E-state index in [1.807, 2.05) is 13.0 Å². The third-order valence-electron chi connectivity index (χ3n) is 3.57. The lowest BCUT2D eigenvalue weighted by Gasteiger charge is -2.27. The van der Waals surface area contributed by atoms with Crippen molar-refractivity contribution < 1.29 is 19.1 Å². The van der Waals surface area contributed by atoms with Gasteiger partial charge >= 0.3 is 11.9 Å². The van der Waals surface area contributed by atoms with Crippen molar-refractivity contribution in [2.45, 2.75) is 46.3 Å². The van der Waals surface area contributed by atoms with Crippen LogP contribution in [0.3, 0.4) is 0 Å². The largest absolute Gasteiger partial charge is 0.418 e. The number of allylic oxidation sites excluding steroid dienone is 2. The Morgan fingerprint density at radius 3 is 1.91 bits per heavy atom. The van der Waals surface area contributed by atoms with E-state index in [4.69, 9.17) is 9.47 Å². The smallest absolute Gasteiger partial charge is 0.336 e. The van der Waals surface area contributed by atoms with Crippen LogP contribution in [0, 0.1) is 5.92 Å². The van der Waals surface area contributed by atoms with E-state index >= 15 is 0 Å². The van der Waals surface area contributed by atoms with Crippen LogP contribution >= 0.6 is 0 Å². The Hall–Kier alpha value is -2.10. The van der Waals surface area contributed by atoms with Gasteiger partial charge in [0.15, 0.2) is 0 Å². The SMILES string of the molecule is C=C(C)C(=O)OC(OC(=O)C(=C)C)C1=CCC(C(=C)C)CC1. The van der Waals surface area contributed by atoms with Crippen LogP contribution in [0.2, 0.25) is 0 Å². The summed E-state index contributed by atoms with van der Waals surface area (Å²) in [5, 5.41) is 0. The highest BCUT2D eigenvalue weighted by Gasteiger charge is 2.27. The molecule has 1 rings (SSSR count). The topological polar surface area (TPSA) is 52.6 Å². The fourth-order valence-corrected chi connectivity index (χ4v) is 2.09. The number of hydrogen-bond acceptors (Lipinski definition) is 4. The van der Waals surface area contributed by atoms with Crippen LogP contribution in [0.5, 0.6) is 0 Å². The van der Waals surface area contributed by atoms with Crippen LogP contribution in [0.4, 0.5) is 0 Å². The Bertz CT molecular complexity index is 511. The van der Waals surface area contributed by atoms with Crippen molar-refractivity contribution >= 4 is 11.9 Å². The van der Waals surface area contributed by atoms with E-state index in [0.717, 1.165) is 24.0 Å². The van der Waals surface area contributed by atoms with Crippen molar-refractivity contribution in [3.63, 3.8) is 0 Å². The van der Waals surface area contributed by atoms with E-state index in [1.54, 1.807) is 13.8 Å². The third kappa shape index (κ3) is 5.02. The minimum atomic E-state index is -1.01. The van der Waals surface area contributed by atoms with Gasteiger partial charge in [-0.1, -0.05) is 31.4 Å². The predicted octanol–water partition coefficient (Wildman–Crippen LogP) is 3.85. The van der Waals surface area contributed by atoms with Gasteiger partial charge in [0.05, 0.1) is 0 Å². The summed E-state index contributed by atoms with van der Waals surface area (Å²) in [6.07, 6.45) is 3.34. The summed E-state index contributed by atoms with van der Waals surface area (Å²) < 4.78 is 10.5. The van der Waals surface area contributed by atoms with E-state index in [9.17, 15) is 9.59 Å². The van der Waals surface area contributed by atoms with Crippen molar-refractivity contribution in [2.24, 2.45) is 5.92 Å². The lowest BCUT2D eigenvalue weighted by Crippen LogP contribution is -2.28. The Morgan fingerprint density at radius 1 is 1.09 bits per heavy atom. The average molecular weight is 304 g/mol.